The van der Waals surface area contributed by atoms with E-state index in [1.165, 1.54) is 16.7 Å². The molecule has 0 spiro atoms. The van der Waals surface area contributed by atoms with Gasteiger partial charge >= 0.3 is 0 Å². The van der Waals surface area contributed by atoms with Crippen LogP contribution in [0.15, 0.2) is 91.0 Å². The zero-order valence-corrected chi connectivity index (χ0v) is 14.2. The predicted molar refractivity (Wildman–Crippen MR) is 96.9 cm³/mol. The van der Waals surface area contributed by atoms with E-state index in [1.807, 2.05) is 54.6 Å². The zero-order valence-electron chi connectivity index (χ0n) is 13.2. The fourth-order valence-corrected chi connectivity index (χ4v) is 6.41. The summed E-state index contributed by atoms with van der Waals surface area (Å²) in [4.78, 5) is 13.7. The van der Waals surface area contributed by atoms with Crippen LogP contribution in [0.3, 0.4) is 0 Å². The second kappa shape index (κ2) is 7.40. The summed E-state index contributed by atoms with van der Waals surface area (Å²) in [6, 6.07) is 32.7. The molecule has 0 N–H and O–H groups in total. The normalized spacial score (nSPS) is 11.3. The lowest BCUT2D eigenvalue weighted by Gasteiger charge is -2.23. The standard InChI is InChI=1S/C21H21OSi/c22-23(16-19-10-4-1-5-11-19,17-20-12-6-2-7-13-20)18-21-14-8-3-9-15-21/h1-15H,16-18H2. The summed E-state index contributed by atoms with van der Waals surface area (Å²) in [6.45, 7) is 0. The third-order valence-corrected chi connectivity index (χ3v) is 7.27. The van der Waals surface area contributed by atoms with Crippen LogP contribution in [-0.2, 0) is 22.9 Å². The van der Waals surface area contributed by atoms with Crippen LogP contribution in [-0.4, -0.2) is 8.32 Å². The maximum absolute atomic E-state index is 13.7. The molecule has 3 aromatic rings. The summed E-state index contributed by atoms with van der Waals surface area (Å²) in [5.74, 6) is 0. The van der Waals surface area contributed by atoms with Crippen molar-refractivity contribution in [3.8, 4) is 0 Å². The molecule has 0 atom stereocenters. The van der Waals surface area contributed by atoms with Gasteiger partial charge in [0.15, 0.2) is 0 Å². The van der Waals surface area contributed by atoms with E-state index in [2.05, 4.69) is 36.4 Å². The molecule has 0 aliphatic rings. The molecular weight excluding hydrogens is 296 g/mol. The Morgan fingerprint density at radius 3 is 1.00 bits per heavy atom. The van der Waals surface area contributed by atoms with E-state index in [1.54, 1.807) is 0 Å². The molecule has 1 radical (unpaired) electrons. The highest BCUT2D eigenvalue weighted by Crippen LogP contribution is 2.20. The first-order valence-corrected chi connectivity index (χ1v) is 10.6. The summed E-state index contributed by atoms with van der Waals surface area (Å²) in [6.07, 6.45) is 0. The van der Waals surface area contributed by atoms with Crippen molar-refractivity contribution in [3.63, 3.8) is 0 Å². The first kappa shape index (κ1) is 15.7. The van der Waals surface area contributed by atoms with Crippen LogP contribution < -0.4 is 0 Å². The van der Waals surface area contributed by atoms with Crippen molar-refractivity contribution in [3.05, 3.63) is 108 Å². The molecule has 0 aromatic heterocycles. The molecule has 23 heavy (non-hydrogen) atoms. The first-order chi connectivity index (χ1) is 11.2. The maximum atomic E-state index is 13.7. The van der Waals surface area contributed by atoms with Gasteiger partial charge in [0.05, 0.1) is 0 Å². The van der Waals surface area contributed by atoms with E-state index >= 15 is 0 Å². The lowest BCUT2D eigenvalue weighted by Crippen LogP contribution is -2.42. The average molecular weight is 317 g/mol. The topological polar surface area (TPSA) is 19.9 Å². The van der Waals surface area contributed by atoms with Crippen LogP contribution in [0.2, 0.25) is 0 Å². The van der Waals surface area contributed by atoms with E-state index < -0.39 is 8.32 Å². The van der Waals surface area contributed by atoms with Gasteiger partial charge in [0.25, 0.3) is 0 Å². The van der Waals surface area contributed by atoms with Crippen molar-refractivity contribution in [2.45, 2.75) is 18.1 Å². The zero-order chi connectivity index (χ0) is 16.0. The smallest absolute Gasteiger partial charge is 0.250 e. The summed E-state index contributed by atoms with van der Waals surface area (Å²) >= 11 is 0. The van der Waals surface area contributed by atoms with Crippen LogP contribution >= 0.6 is 0 Å². The molecule has 0 aliphatic carbocycles. The molecule has 0 fully saturated rings. The molecule has 0 saturated heterocycles. The molecule has 0 amide bonds. The van der Waals surface area contributed by atoms with E-state index in [-0.39, 0.29) is 0 Å². The molecule has 3 rings (SSSR count). The van der Waals surface area contributed by atoms with E-state index in [0.717, 1.165) is 0 Å². The van der Waals surface area contributed by atoms with Crippen LogP contribution in [0.25, 0.3) is 0 Å². The first-order valence-electron chi connectivity index (χ1n) is 8.06. The Kier molecular flexibility index (Phi) is 5.06. The minimum atomic E-state index is -2.72. The monoisotopic (exact) mass is 317 g/mol. The minimum Gasteiger partial charge on any atom is -0.296 e. The Labute approximate surface area is 139 Å². The summed E-state index contributed by atoms with van der Waals surface area (Å²) in [5.41, 5.74) is 3.50. The maximum Gasteiger partial charge on any atom is 0.250 e. The van der Waals surface area contributed by atoms with Crippen LogP contribution in [0, 0.1) is 0 Å². The SMILES string of the molecule is [O][Si](Cc1ccccc1)(Cc1ccccc1)Cc1ccccc1. The van der Waals surface area contributed by atoms with Gasteiger partial charge in [0, 0.05) is 0 Å². The molecule has 0 unspecified atom stereocenters. The molecule has 3 aromatic carbocycles. The van der Waals surface area contributed by atoms with Gasteiger partial charge in [-0.05, 0) is 34.8 Å². The van der Waals surface area contributed by atoms with Crippen LogP contribution in [0.4, 0.5) is 0 Å². The van der Waals surface area contributed by atoms with Crippen LogP contribution in [0.5, 0.6) is 0 Å². The highest BCUT2D eigenvalue weighted by molar-refractivity contribution is 6.70. The quantitative estimate of drug-likeness (QED) is 0.587. The van der Waals surface area contributed by atoms with Crippen molar-refractivity contribution >= 4 is 8.32 Å². The van der Waals surface area contributed by atoms with Gasteiger partial charge in [-0.1, -0.05) is 91.0 Å². The van der Waals surface area contributed by atoms with Crippen molar-refractivity contribution in [1.82, 2.24) is 0 Å². The number of hydrogen-bond donors (Lipinski definition) is 0. The van der Waals surface area contributed by atoms with Crippen molar-refractivity contribution in [2.75, 3.05) is 0 Å². The molecule has 0 aliphatic heterocycles. The molecule has 2 heteroatoms. The van der Waals surface area contributed by atoms with Gasteiger partial charge in [-0.2, -0.15) is 0 Å². The second-order valence-corrected chi connectivity index (χ2v) is 9.60. The Bertz CT molecular complexity index is 609. The Hall–Kier alpha value is -2.16. The summed E-state index contributed by atoms with van der Waals surface area (Å²) in [7, 11) is -2.72. The Morgan fingerprint density at radius 2 is 0.739 bits per heavy atom. The number of benzene rings is 3. The second-order valence-electron chi connectivity index (χ2n) is 6.17. The average Bonchev–Trinajstić information content (AvgIpc) is 2.57. The van der Waals surface area contributed by atoms with Crippen molar-refractivity contribution < 1.29 is 4.80 Å². The van der Waals surface area contributed by atoms with Gasteiger partial charge in [0.2, 0.25) is 8.32 Å². The lowest BCUT2D eigenvalue weighted by molar-refractivity contribution is 0.408. The van der Waals surface area contributed by atoms with Gasteiger partial charge in [-0.25, -0.2) is 0 Å². The van der Waals surface area contributed by atoms with E-state index in [9.17, 15) is 4.80 Å². The molecular formula is C21H21OSi. The van der Waals surface area contributed by atoms with Gasteiger partial charge < -0.3 is 0 Å². The molecule has 1 nitrogen and oxygen atoms in total. The highest BCUT2D eigenvalue weighted by Gasteiger charge is 2.34. The minimum absolute atomic E-state index is 0.678. The van der Waals surface area contributed by atoms with Gasteiger partial charge in [-0.3, -0.25) is 4.80 Å². The Morgan fingerprint density at radius 1 is 0.478 bits per heavy atom. The van der Waals surface area contributed by atoms with Crippen molar-refractivity contribution in [2.24, 2.45) is 0 Å². The molecule has 0 bridgehead atoms. The summed E-state index contributed by atoms with van der Waals surface area (Å²) in [5, 5.41) is 0. The largest absolute Gasteiger partial charge is 0.296 e. The van der Waals surface area contributed by atoms with Gasteiger partial charge in [0.1, 0.15) is 0 Å². The summed E-state index contributed by atoms with van der Waals surface area (Å²) < 4.78 is 0. The van der Waals surface area contributed by atoms with Crippen LogP contribution in [0.1, 0.15) is 16.7 Å². The van der Waals surface area contributed by atoms with E-state index in [0.29, 0.717) is 18.1 Å². The third-order valence-electron chi connectivity index (χ3n) is 4.11. The fraction of sp³-hybridized carbons (Fsp3) is 0.143. The predicted octanol–water partition coefficient (Wildman–Crippen LogP) is 4.71. The number of hydrogen-bond acceptors (Lipinski definition) is 0. The molecule has 0 heterocycles. The number of rotatable bonds is 6. The van der Waals surface area contributed by atoms with Crippen molar-refractivity contribution in [1.29, 1.82) is 0 Å². The fourth-order valence-electron chi connectivity index (χ4n) is 3.09. The molecule has 115 valence electrons. The molecule has 0 saturated carbocycles. The van der Waals surface area contributed by atoms with Gasteiger partial charge in [-0.15, -0.1) is 0 Å². The Balaban J connectivity index is 1.85. The van der Waals surface area contributed by atoms with E-state index in [4.69, 9.17) is 0 Å². The highest BCUT2D eigenvalue weighted by atomic mass is 28.4. The third kappa shape index (κ3) is 4.65. The lowest BCUT2D eigenvalue weighted by atomic mass is 10.2.